The predicted octanol–water partition coefficient (Wildman–Crippen LogP) is 2.66. The van der Waals surface area contributed by atoms with Crippen LogP contribution in [0.5, 0.6) is 0 Å². The quantitative estimate of drug-likeness (QED) is 0.802. The van der Waals surface area contributed by atoms with E-state index in [1.165, 1.54) is 36.2 Å². The van der Waals surface area contributed by atoms with Gasteiger partial charge in [0.2, 0.25) is 5.91 Å². The van der Waals surface area contributed by atoms with Crippen LogP contribution in [-0.4, -0.2) is 22.4 Å². The minimum Gasteiger partial charge on any atom is -0.340 e. The minimum absolute atomic E-state index is 0.146. The third-order valence-electron chi connectivity index (χ3n) is 3.38. The Bertz CT molecular complexity index is 782. The zero-order chi connectivity index (χ0) is 17.9. The first-order valence-corrected chi connectivity index (χ1v) is 6.93. The van der Waals surface area contributed by atoms with Crippen molar-refractivity contribution < 1.29 is 22.4 Å². The van der Waals surface area contributed by atoms with Crippen LogP contribution in [0.1, 0.15) is 11.1 Å². The fraction of sp³-hybridized carbons (Fsp3) is 0.250. The highest BCUT2D eigenvalue weighted by molar-refractivity contribution is 5.75. The van der Waals surface area contributed by atoms with Crippen LogP contribution in [0.25, 0.3) is 0 Å². The molecule has 8 heteroatoms. The van der Waals surface area contributed by atoms with Gasteiger partial charge in [-0.3, -0.25) is 9.59 Å². The number of nitrogens with zero attached hydrogens (tertiary/aromatic N) is 2. The van der Waals surface area contributed by atoms with Crippen LogP contribution >= 0.6 is 0 Å². The lowest BCUT2D eigenvalue weighted by atomic mass is 10.2. The molecule has 2 rings (SSSR count). The molecule has 0 fully saturated rings. The highest BCUT2D eigenvalue weighted by Crippen LogP contribution is 2.28. The van der Waals surface area contributed by atoms with Crippen molar-refractivity contribution in [1.29, 1.82) is 0 Å². The highest BCUT2D eigenvalue weighted by Gasteiger charge is 2.31. The van der Waals surface area contributed by atoms with Gasteiger partial charge in [-0.05, 0) is 23.8 Å². The van der Waals surface area contributed by atoms with Gasteiger partial charge in [0.15, 0.2) is 0 Å². The average Bonchev–Trinajstić information content (AvgIpc) is 2.50. The summed E-state index contributed by atoms with van der Waals surface area (Å²) in [6.07, 6.45) is -3.98. The van der Waals surface area contributed by atoms with Crippen molar-refractivity contribution in [2.24, 2.45) is 0 Å². The molecule has 0 aliphatic rings. The number of amides is 1. The Labute approximate surface area is 134 Å². The van der Waals surface area contributed by atoms with Gasteiger partial charge in [-0.2, -0.15) is 13.2 Å². The number of benzene rings is 1. The molecule has 1 aromatic carbocycles. The molecule has 1 amide bonds. The lowest BCUT2D eigenvalue weighted by Gasteiger charge is -2.18. The highest BCUT2D eigenvalue weighted by atomic mass is 19.4. The van der Waals surface area contributed by atoms with E-state index in [4.69, 9.17) is 0 Å². The van der Waals surface area contributed by atoms with Gasteiger partial charge in [-0.15, -0.1) is 0 Å². The van der Waals surface area contributed by atoms with Crippen molar-refractivity contribution in [2.45, 2.75) is 19.3 Å². The molecule has 0 bridgehead atoms. The first-order valence-electron chi connectivity index (χ1n) is 6.93. The van der Waals surface area contributed by atoms with Crippen molar-refractivity contribution in [2.75, 3.05) is 7.05 Å². The van der Waals surface area contributed by atoms with Crippen molar-refractivity contribution in [3.05, 3.63) is 69.9 Å². The van der Waals surface area contributed by atoms with Crippen LogP contribution in [0, 0.1) is 5.82 Å². The Hall–Kier alpha value is -2.64. The summed E-state index contributed by atoms with van der Waals surface area (Å²) >= 11 is 0. The smallest absolute Gasteiger partial charge is 0.340 e. The van der Waals surface area contributed by atoms with E-state index in [1.54, 1.807) is 0 Å². The van der Waals surface area contributed by atoms with E-state index < -0.39 is 35.6 Å². The van der Waals surface area contributed by atoms with Gasteiger partial charge in [0.25, 0.3) is 5.56 Å². The number of aromatic nitrogens is 1. The second kappa shape index (κ2) is 6.86. The van der Waals surface area contributed by atoms with Crippen LogP contribution in [0.3, 0.4) is 0 Å². The molecule has 1 aromatic heterocycles. The van der Waals surface area contributed by atoms with Gasteiger partial charge >= 0.3 is 6.18 Å². The second-order valence-electron chi connectivity index (χ2n) is 5.26. The molecule has 0 unspecified atom stereocenters. The lowest BCUT2D eigenvalue weighted by molar-refractivity contribution is -0.138. The molecule has 0 saturated heterocycles. The van der Waals surface area contributed by atoms with Crippen molar-refractivity contribution in [3.63, 3.8) is 0 Å². The predicted molar refractivity (Wildman–Crippen MR) is 78.6 cm³/mol. The molecule has 0 spiro atoms. The van der Waals surface area contributed by atoms with E-state index in [0.717, 1.165) is 6.07 Å². The standard InChI is InChI=1S/C16H14F4N2O2/c1-21(8-11-2-5-13(17)6-3-11)15(24)10-22-9-12(16(18,19)20)4-7-14(22)23/h2-7,9H,8,10H2,1H3. The number of pyridine rings is 1. The molecule has 0 saturated carbocycles. The Morgan fingerprint density at radius 2 is 1.75 bits per heavy atom. The monoisotopic (exact) mass is 342 g/mol. The van der Waals surface area contributed by atoms with Crippen LogP contribution in [-0.2, 0) is 24.1 Å². The number of hydrogen-bond donors (Lipinski definition) is 0. The number of carbonyl (C=O) groups excluding carboxylic acids is 1. The van der Waals surface area contributed by atoms with Crippen LogP contribution in [0.2, 0.25) is 0 Å². The molecule has 24 heavy (non-hydrogen) atoms. The average molecular weight is 342 g/mol. The summed E-state index contributed by atoms with van der Waals surface area (Å²) in [5, 5.41) is 0. The molecule has 0 aliphatic heterocycles. The normalized spacial score (nSPS) is 11.4. The third-order valence-corrected chi connectivity index (χ3v) is 3.38. The summed E-state index contributed by atoms with van der Waals surface area (Å²) in [5.74, 6) is -0.955. The van der Waals surface area contributed by atoms with E-state index in [1.807, 2.05) is 0 Å². The van der Waals surface area contributed by atoms with Gasteiger partial charge in [0.05, 0.1) is 5.56 Å². The molecule has 0 aliphatic carbocycles. The van der Waals surface area contributed by atoms with Gasteiger partial charge in [-0.25, -0.2) is 4.39 Å². The van der Waals surface area contributed by atoms with Gasteiger partial charge in [-0.1, -0.05) is 12.1 Å². The summed E-state index contributed by atoms with van der Waals surface area (Å²) in [6, 6.07) is 6.92. The summed E-state index contributed by atoms with van der Waals surface area (Å²) in [7, 11) is 1.45. The van der Waals surface area contributed by atoms with Crippen LogP contribution in [0.4, 0.5) is 17.6 Å². The lowest BCUT2D eigenvalue weighted by Crippen LogP contribution is -2.33. The fourth-order valence-corrected chi connectivity index (χ4v) is 2.04. The summed E-state index contributed by atoms with van der Waals surface area (Å²) < 4.78 is 51.6. The number of likely N-dealkylation sites (N-methyl/N-ethyl adjacent to an activating group) is 1. The molecule has 0 radical (unpaired) electrons. The zero-order valence-electron chi connectivity index (χ0n) is 12.7. The number of hydrogen-bond acceptors (Lipinski definition) is 2. The Balaban J connectivity index is 2.11. The Kier molecular flexibility index (Phi) is 5.06. The number of rotatable bonds is 4. The molecular weight excluding hydrogens is 328 g/mol. The van der Waals surface area contributed by atoms with Crippen molar-refractivity contribution >= 4 is 5.91 Å². The van der Waals surface area contributed by atoms with Crippen LogP contribution in [0.15, 0.2) is 47.4 Å². The van der Waals surface area contributed by atoms with E-state index in [-0.39, 0.29) is 6.54 Å². The molecule has 128 valence electrons. The van der Waals surface area contributed by atoms with Gasteiger partial charge in [0.1, 0.15) is 12.4 Å². The largest absolute Gasteiger partial charge is 0.417 e. The first kappa shape index (κ1) is 17.7. The molecule has 1 heterocycles. The topological polar surface area (TPSA) is 42.3 Å². The zero-order valence-corrected chi connectivity index (χ0v) is 12.7. The molecular formula is C16H14F4N2O2. The minimum atomic E-state index is -4.60. The Morgan fingerprint density at radius 1 is 1.12 bits per heavy atom. The first-order chi connectivity index (χ1) is 11.2. The van der Waals surface area contributed by atoms with E-state index in [2.05, 4.69) is 0 Å². The fourth-order valence-electron chi connectivity index (χ4n) is 2.04. The maximum absolute atomic E-state index is 12.8. The Morgan fingerprint density at radius 3 is 2.33 bits per heavy atom. The van der Waals surface area contributed by atoms with Gasteiger partial charge in [0, 0.05) is 25.9 Å². The summed E-state index contributed by atoms with van der Waals surface area (Å²) in [5.41, 5.74) is -1.05. The van der Waals surface area contributed by atoms with E-state index in [9.17, 15) is 27.2 Å². The summed E-state index contributed by atoms with van der Waals surface area (Å²) in [4.78, 5) is 25.0. The van der Waals surface area contributed by atoms with Crippen molar-refractivity contribution in [3.8, 4) is 0 Å². The van der Waals surface area contributed by atoms with Gasteiger partial charge < -0.3 is 9.47 Å². The number of alkyl halides is 3. The van der Waals surface area contributed by atoms with Crippen LogP contribution < -0.4 is 5.56 Å². The van der Waals surface area contributed by atoms with E-state index in [0.29, 0.717) is 22.4 Å². The molecule has 2 aromatic rings. The second-order valence-corrected chi connectivity index (χ2v) is 5.26. The maximum Gasteiger partial charge on any atom is 0.417 e. The molecule has 0 atom stereocenters. The summed E-state index contributed by atoms with van der Waals surface area (Å²) in [6.45, 7) is -0.368. The van der Waals surface area contributed by atoms with E-state index >= 15 is 0 Å². The molecule has 4 nitrogen and oxygen atoms in total. The number of halogens is 4. The molecule has 0 N–H and O–H groups in total. The van der Waals surface area contributed by atoms with Crippen molar-refractivity contribution in [1.82, 2.24) is 9.47 Å². The number of carbonyl (C=O) groups is 1. The third kappa shape index (κ3) is 4.43. The SMILES string of the molecule is CN(Cc1ccc(F)cc1)C(=O)Cn1cc(C(F)(F)F)ccc1=O. The maximum atomic E-state index is 12.8.